The van der Waals surface area contributed by atoms with Gasteiger partial charge in [0.15, 0.2) is 0 Å². The zero-order valence-corrected chi connectivity index (χ0v) is 16.7. The van der Waals surface area contributed by atoms with Gasteiger partial charge in [0, 0.05) is 43.3 Å². The lowest BCUT2D eigenvalue weighted by Gasteiger charge is -2.34. The average Bonchev–Trinajstić information content (AvgIpc) is 2.62. The van der Waals surface area contributed by atoms with Crippen LogP contribution in [0.15, 0.2) is 47.4 Å². The summed E-state index contributed by atoms with van der Waals surface area (Å²) in [6, 6.07) is 12.1. The Kier molecular flexibility index (Phi) is 6.10. The summed E-state index contributed by atoms with van der Waals surface area (Å²) in [7, 11) is -1.95. The normalized spacial score (nSPS) is 16.6. The number of methoxy groups -OCH3 is 1. The van der Waals surface area contributed by atoms with Crippen molar-refractivity contribution in [2.24, 2.45) is 0 Å². The number of rotatable bonds is 5. The van der Waals surface area contributed by atoms with E-state index in [2.05, 4.69) is 4.90 Å². The summed E-state index contributed by atoms with van der Waals surface area (Å²) < 4.78 is 32.5. The summed E-state index contributed by atoms with van der Waals surface area (Å²) in [6.45, 7) is 2.73. The number of sulfonamides is 1. The second-order valence-electron chi connectivity index (χ2n) is 6.07. The maximum absolute atomic E-state index is 12.8. The van der Waals surface area contributed by atoms with Crippen LogP contribution in [0.5, 0.6) is 5.75 Å². The summed E-state index contributed by atoms with van der Waals surface area (Å²) in [5.41, 5.74) is 0.988. The minimum absolute atomic E-state index is 0.159. The van der Waals surface area contributed by atoms with Crippen molar-refractivity contribution in [3.63, 3.8) is 0 Å². The Labute approximate surface area is 164 Å². The Balaban J connectivity index is 1.68. The van der Waals surface area contributed by atoms with Crippen LogP contribution in [0.2, 0.25) is 10.0 Å². The van der Waals surface area contributed by atoms with Gasteiger partial charge in [-0.3, -0.25) is 4.90 Å². The molecule has 0 aliphatic carbocycles. The van der Waals surface area contributed by atoms with Crippen molar-refractivity contribution in [1.82, 2.24) is 9.21 Å². The number of nitrogens with zero attached hydrogens (tertiary/aromatic N) is 2. The summed E-state index contributed by atoms with van der Waals surface area (Å²) in [5.74, 6) is 0.778. The number of hydrogen-bond donors (Lipinski definition) is 0. The second-order valence-corrected chi connectivity index (χ2v) is 8.82. The highest BCUT2D eigenvalue weighted by Gasteiger charge is 2.30. The standard InChI is InChI=1S/C18H20Cl2N2O3S/c1-25-17-7-6-15(19)12-14(17)13-21-8-10-22(11-9-21)26(23,24)18-5-3-2-4-16(18)20/h2-7,12H,8-11,13H2,1H3. The predicted octanol–water partition coefficient (Wildman–Crippen LogP) is 3.51. The Bertz CT molecular complexity index is 882. The summed E-state index contributed by atoms with van der Waals surface area (Å²) >= 11 is 12.2. The van der Waals surface area contributed by atoms with Gasteiger partial charge in [-0.15, -0.1) is 0 Å². The van der Waals surface area contributed by atoms with Crippen LogP contribution in [0.1, 0.15) is 5.56 Å². The predicted molar refractivity (Wildman–Crippen MR) is 103 cm³/mol. The number of halogens is 2. The molecule has 26 heavy (non-hydrogen) atoms. The molecule has 3 rings (SSSR count). The first-order valence-electron chi connectivity index (χ1n) is 8.21. The maximum Gasteiger partial charge on any atom is 0.244 e. The summed E-state index contributed by atoms with van der Waals surface area (Å²) in [6.07, 6.45) is 0. The van der Waals surface area contributed by atoms with Crippen molar-refractivity contribution < 1.29 is 13.2 Å². The van der Waals surface area contributed by atoms with Crippen molar-refractivity contribution in [3.8, 4) is 5.75 Å². The van der Waals surface area contributed by atoms with Gasteiger partial charge in [0.25, 0.3) is 0 Å². The molecule has 1 fully saturated rings. The SMILES string of the molecule is COc1ccc(Cl)cc1CN1CCN(S(=O)(=O)c2ccccc2Cl)CC1. The van der Waals surface area contributed by atoms with Crippen LogP contribution in [0, 0.1) is 0 Å². The van der Waals surface area contributed by atoms with E-state index in [4.69, 9.17) is 27.9 Å². The quantitative estimate of drug-likeness (QED) is 0.750. The van der Waals surface area contributed by atoms with Crippen LogP contribution in [0.3, 0.4) is 0 Å². The number of piperazine rings is 1. The molecule has 0 radical (unpaired) electrons. The maximum atomic E-state index is 12.8. The van der Waals surface area contributed by atoms with E-state index in [1.807, 2.05) is 12.1 Å². The monoisotopic (exact) mass is 414 g/mol. The second kappa shape index (κ2) is 8.15. The Morgan fingerprint density at radius 1 is 1.04 bits per heavy atom. The van der Waals surface area contributed by atoms with Gasteiger partial charge in [0.1, 0.15) is 10.6 Å². The Morgan fingerprint density at radius 2 is 1.73 bits per heavy atom. The van der Waals surface area contributed by atoms with Gasteiger partial charge in [0.2, 0.25) is 10.0 Å². The van der Waals surface area contributed by atoms with Gasteiger partial charge in [-0.1, -0.05) is 35.3 Å². The van der Waals surface area contributed by atoms with Gasteiger partial charge in [0.05, 0.1) is 12.1 Å². The van der Waals surface area contributed by atoms with E-state index in [0.29, 0.717) is 37.7 Å². The molecule has 140 valence electrons. The average molecular weight is 415 g/mol. The molecule has 1 aliphatic rings. The van der Waals surface area contributed by atoms with Crippen LogP contribution in [-0.2, 0) is 16.6 Å². The molecular formula is C18H20Cl2N2O3S. The van der Waals surface area contributed by atoms with Gasteiger partial charge < -0.3 is 4.74 Å². The molecule has 5 nitrogen and oxygen atoms in total. The molecular weight excluding hydrogens is 395 g/mol. The third kappa shape index (κ3) is 4.15. The fourth-order valence-corrected chi connectivity index (χ4v) is 5.14. The highest BCUT2D eigenvalue weighted by molar-refractivity contribution is 7.89. The topological polar surface area (TPSA) is 49.9 Å². The van der Waals surface area contributed by atoms with E-state index in [1.54, 1.807) is 37.4 Å². The van der Waals surface area contributed by atoms with E-state index in [0.717, 1.165) is 11.3 Å². The minimum Gasteiger partial charge on any atom is -0.496 e. The first-order chi connectivity index (χ1) is 12.4. The molecule has 0 amide bonds. The molecule has 8 heteroatoms. The number of hydrogen-bond acceptors (Lipinski definition) is 4. The minimum atomic E-state index is -3.58. The molecule has 0 bridgehead atoms. The van der Waals surface area contributed by atoms with E-state index in [9.17, 15) is 8.42 Å². The molecule has 2 aromatic rings. The largest absolute Gasteiger partial charge is 0.496 e. The van der Waals surface area contributed by atoms with Gasteiger partial charge >= 0.3 is 0 Å². The van der Waals surface area contributed by atoms with E-state index in [-0.39, 0.29) is 9.92 Å². The molecule has 0 unspecified atom stereocenters. The smallest absolute Gasteiger partial charge is 0.244 e. The van der Waals surface area contributed by atoms with E-state index in [1.165, 1.54) is 4.31 Å². The van der Waals surface area contributed by atoms with Gasteiger partial charge in [-0.2, -0.15) is 4.31 Å². The van der Waals surface area contributed by atoms with Crippen molar-refractivity contribution in [3.05, 3.63) is 58.1 Å². The number of benzene rings is 2. The van der Waals surface area contributed by atoms with Crippen LogP contribution < -0.4 is 4.74 Å². The lowest BCUT2D eigenvalue weighted by molar-refractivity contribution is 0.180. The molecule has 0 aromatic heterocycles. The van der Waals surface area contributed by atoms with Crippen molar-refractivity contribution in [2.75, 3.05) is 33.3 Å². The van der Waals surface area contributed by atoms with Gasteiger partial charge in [-0.05, 0) is 30.3 Å². The molecule has 2 aromatic carbocycles. The fraction of sp³-hybridized carbons (Fsp3) is 0.333. The van der Waals surface area contributed by atoms with Crippen LogP contribution in [-0.4, -0.2) is 50.9 Å². The highest BCUT2D eigenvalue weighted by Crippen LogP contribution is 2.27. The van der Waals surface area contributed by atoms with Gasteiger partial charge in [-0.25, -0.2) is 8.42 Å². The molecule has 0 N–H and O–H groups in total. The van der Waals surface area contributed by atoms with Crippen molar-refractivity contribution >= 4 is 33.2 Å². The zero-order chi connectivity index (χ0) is 18.7. The van der Waals surface area contributed by atoms with Crippen molar-refractivity contribution in [2.45, 2.75) is 11.4 Å². The van der Waals surface area contributed by atoms with E-state index >= 15 is 0 Å². The molecule has 1 heterocycles. The molecule has 0 saturated carbocycles. The first-order valence-corrected chi connectivity index (χ1v) is 10.4. The molecule has 0 spiro atoms. The summed E-state index contributed by atoms with van der Waals surface area (Å²) in [5, 5.41) is 0.902. The van der Waals surface area contributed by atoms with Crippen LogP contribution in [0.25, 0.3) is 0 Å². The lowest BCUT2D eigenvalue weighted by atomic mass is 10.1. The third-order valence-electron chi connectivity index (χ3n) is 4.42. The van der Waals surface area contributed by atoms with E-state index < -0.39 is 10.0 Å². The first kappa shape index (κ1) is 19.5. The Morgan fingerprint density at radius 3 is 2.38 bits per heavy atom. The summed E-state index contributed by atoms with van der Waals surface area (Å²) in [4.78, 5) is 2.35. The highest BCUT2D eigenvalue weighted by atomic mass is 35.5. The van der Waals surface area contributed by atoms with Crippen LogP contribution in [0.4, 0.5) is 0 Å². The third-order valence-corrected chi connectivity index (χ3v) is 7.06. The zero-order valence-electron chi connectivity index (χ0n) is 14.4. The molecule has 1 aliphatic heterocycles. The fourth-order valence-electron chi connectivity index (χ4n) is 3.03. The Hall–Kier alpha value is -1.31. The van der Waals surface area contributed by atoms with Crippen molar-refractivity contribution in [1.29, 1.82) is 0 Å². The molecule has 0 atom stereocenters. The number of ether oxygens (including phenoxy) is 1. The lowest BCUT2D eigenvalue weighted by Crippen LogP contribution is -2.48. The molecule has 1 saturated heterocycles. The van der Waals surface area contributed by atoms with Crippen LogP contribution >= 0.6 is 23.2 Å².